The second-order valence-corrected chi connectivity index (χ2v) is 6.13. The van der Waals surface area contributed by atoms with Gasteiger partial charge in [0.2, 0.25) is 0 Å². The molecule has 1 aliphatic rings. The Kier molecular flexibility index (Phi) is 4.07. The summed E-state index contributed by atoms with van der Waals surface area (Å²) in [6.45, 7) is 4.79. The number of nitrogens with two attached hydrogens (primary N) is 1. The number of hydrogen-bond acceptors (Lipinski definition) is 2. The Balaban J connectivity index is 1.96. The highest BCUT2D eigenvalue weighted by Gasteiger charge is 2.21. The molecule has 2 aromatic rings. The number of aromatic nitrogens is 1. The van der Waals surface area contributed by atoms with Crippen LogP contribution in [0, 0.1) is 0 Å². The molecule has 0 atom stereocenters. The third kappa shape index (κ3) is 2.68. The second kappa shape index (κ2) is 6.01. The normalized spacial score (nSPS) is 17.0. The Morgan fingerprint density at radius 2 is 2.14 bits per heavy atom. The van der Waals surface area contributed by atoms with Gasteiger partial charge in [-0.1, -0.05) is 0 Å². The van der Waals surface area contributed by atoms with E-state index in [2.05, 4.69) is 29.2 Å². The number of anilines is 1. The van der Waals surface area contributed by atoms with E-state index in [9.17, 15) is 4.79 Å². The number of carbonyl (C=O) groups excluding carboxylic acids is 1. The largest absolute Gasteiger partial charge is 0.361 e. The molecule has 2 amide bonds. The lowest BCUT2D eigenvalue weighted by molar-refractivity contribution is 0.254. The number of piperidine rings is 1. The number of amides is 2. The molecule has 1 fully saturated rings. The fourth-order valence-corrected chi connectivity index (χ4v) is 3.42. The van der Waals surface area contributed by atoms with Gasteiger partial charge in [0.25, 0.3) is 0 Å². The van der Waals surface area contributed by atoms with Crippen LogP contribution in [0.4, 0.5) is 10.5 Å². The summed E-state index contributed by atoms with van der Waals surface area (Å²) in [6, 6.07) is 5.67. The smallest absolute Gasteiger partial charge is 0.319 e. The van der Waals surface area contributed by atoms with Crippen LogP contribution in [-0.4, -0.2) is 42.6 Å². The Labute approximate surface area is 131 Å². The van der Waals surface area contributed by atoms with Crippen molar-refractivity contribution in [3.8, 4) is 0 Å². The topological polar surface area (TPSA) is 65.4 Å². The lowest BCUT2D eigenvalue weighted by Crippen LogP contribution is -2.35. The summed E-state index contributed by atoms with van der Waals surface area (Å²) in [5.74, 6) is 0.587. The van der Waals surface area contributed by atoms with E-state index in [0.717, 1.165) is 24.3 Å². The average molecular weight is 300 g/mol. The third-order valence-electron chi connectivity index (χ3n) is 4.75. The standard InChI is InChI=1S/C17H24N4O/c1-3-21(17(18)22)13-4-5-16-14(10-13)15(11-19-16)12-6-8-20(2)9-7-12/h4-5,10-12,19H,3,6-9H2,1-2H3,(H2,18,22). The zero-order valence-corrected chi connectivity index (χ0v) is 13.3. The summed E-state index contributed by atoms with van der Waals surface area (Å²) < 4.78 is 0. The van der Waals surface area contributed by atoms with Gasteiger partial charge < -0.3 is 15.6 Å². The van der Waals surface area contributed by atoms with E-state index in [1.807, 2.05) is 19.1 Å². The lowest BCUT2D eigenvalue weighted by atomic mass is 9.89. The van der Waals surface area contributed by atoms with Crippen LogP contribution in [0.2, 0.25) is 0 Å². The van der Waals surface area contributed by atoms with Crippen molar-refractivity contribution in [2.45, 2.75) is 25.7 Å². The number of nitrogens with zero attached hydrogens (tertiary/aromatic N) is 2. The Hall–Kier alpha value is -2.01. The molecule has 3 N–H and O–H groups in total. The van der Waals surface area contributed by atoms with E-state index in [1.54, 1.807) is 4.90 Å². The van der Waals surface area contributed by atoms with Crippen LogP contribution in [-0.2, 0) is 0 Å². The van der Waals surface area contributed by atoms with Crippen molar-refractivity contribution in [1.82, 2.24) is 9.88 Å². The van der Waals surface area contributed by atoms with Gasteiger partial charge in [-0.25, -0.2) is 4.79 Å². The number of primary amides is 1. The molecule has 0 aliphatic carbocycles. The zero-order chi connectivity index (χ0) is 15.7. The van der Waals surface area contributed by atoms with Crippen LogP contribution in [0.5, 0.6) is 0 Å². The molecule has 1 aliphatic heterocycles. The first-order chi connectivity index (χ1) is 10.6. The minimum Gasteiger partial charge on any atom is -0.361 e. The third-order valence-corrected chi connectivity index (χ3v) is 4.75. The summed E-state index contributed by atoms with van der Waals surface area (Å²) in [7, 11) is 2.18. The van der Waals surface area contributed by atoms with Gasteiger partial charge in [-0.15, -0.1) is 0 Å². The molecule has 118 valence electrons. The molecular formula is C17H24N4O. The highest BCUT2D eigenvalue weighted by molar-refractivity contribution is 5.95. The molecule has 0 saturated carbocycles. The van der Waals surface area contributed by atoms with Gasteiger partial charge in [-0.3, -0.25) is 4.90 Å². The molecule has 5 heteroatoms. The molecule has 3 rings (SSSR count). The number of rotatable bonds is 3. The highest BCUT2D eigenvalue weighted by Crippen LogP contribution is 2.34. The van der Waals surface area contributed by atoms with E-state index in [1.165, 1.54) is 23.8 Å². The number of aromatic amines is 1. The SMILES string of the molecule is CCN(C(N)=O)c1ccc2[nH]cc(C3CCN(C)CC3)c2c1. The summed E-state index contributed by atoms with van der Waals surface area (Å²) in [5, 5.41) is 1.21. The van der Waals surface area contributed by atoms with Crippen LogP contribution in [0.3, 0.4) is 0 Å². The van der Waals surface area contributed by atoms with Crippen molar-refractivity contribution in [3.05, 3.63) is 30.0 Å². The summed E-state index contributed by atoms with van der Waals surface area (Å²) in [4.78, 5) is 18.9. The fourth-order valence-electron chi connectivity index (χ4n) is 3.42. The van der Waals surface area contributed by atoms with Crippen LogP contribution < -0.4 is 10.6 Å². The maximum absolute atomic E-state index is 11.6. The molecule has 1 saturated heterocycles. The summed E-state index contributed by atoms with van der Waals surface area (Å²) >= 11 is 0. The van der Waals surface area contributed by atoms with Crippen LogP contribution in [0.1, 0.15) is 31.2 Å². The molecule has 0 bridgehead atoms. The zero-order valence-electron chi connectivity index (χ0n) is 13.3. The van der Waals surface area contributed by atoms with Crippen molar-refractivity contribution in [2.75, 3.05) is 31.6 Å². The van der Waals surface area contributed by atoms with Crippen molar-refractivity contribution in [1.29, 1.82) is 0 Å². The quantitative estimate of drug-likeness (QED) is 0.915. The first-order valence-corrected chi connectivity index (χ1v) is 7.96. The van der Waals surface area contributed by atoms with Gasteiger partial charge in [-0.2, -0.15) is 0 Å². The minimum atomic E-state index is -0.404. The Bertz CT molecular complexity index is 670. The summed E-state index contributed by atoms with van der Waals surface area (Å²) in [5.41, 5.74) is 8.83. The van der Waals surface area contributed by atoms with Gasteiger partial charge in [0, 0.05) is 29.3 Å². The number of fused-ring (bicyclic) bond motifs is 1. The fraction of sp³-hybridized carbons (Fsp3) is 0.471. The molecule has 2 heterocycles. The monoisotopic (exact) mass is 300 g/mol. The number of carbonyl (C=O) groups is 1. The number of hydrogen-bond donors (Lipinski definition) is 2. The maximum atomic E-state index is 11.6. The average Bonchev–Trinajstić information content (AvgIpc) is 2.92. The van der Waals surface area contributed by atoms with E-state index in [-0.39, 0.29) is 0 Å². The van der Waals surface area contributed by atoms with Gasteiger partial charge >= 0.3 is 6.03 Å². The Morgan fingerprint density at radius 3 is 2.77 bits per heavy atom. The van der Waals surface area contributed by atoms with Crippen molar-refractivity contribution in [3.63, 3.8) is 0 Å². The number of H-pyrrole nitrogens is 1. The highest BCUT2D eigenvalue weighted by atomic mass is 16.2. The van der Waals surface area contributed by atoms with Gasteiger partial charge in [0.05, 0.1) is 0 Å². The summed E-state index contributed by atoms with van der Waals surface area (Å²) in [6.07, 6.45) is 4.49. The van der Waals surface area contributed by atoms with Crippen LogP contribution in [0.25, 0.3) is 10.9 Å². The molecule has 5 nitrogen and oxygen atoms in total. The number of urea groups is 1. The molecule has 0 unspecified atom stereocenters. The van der Waals surface area contributed by atoms with E-state index < -0.39 is 6.03 Å². The lowest BCUT2D eigenvalue weighted by Gasteiger charge is -2.29. The number of nitrogens with one attached hydrogen (secondary N) is 1. The van der Waals surface area contributed by atoms with E-state index >= 15 is 0 Å². The van der Waals surface area contributed by atoms with Crippen LogP contribution >= 0.6 is 0 Å². The van der Waals surface area contributed by atoms with Crippen molar-refractivity contribution >= 4 is 22.6 Å². The van der Waals surface area contributed by atoms with Gasteiger partial charge in [0.15, 0.2) is 0 Å². The predicted octanol–water partition coefficient (Wildman–Crippen LogP) is 2.88. The molecular weight excluding hydrogens is 276 g/mol. The number of likely N-dealkylation sites (tertiary alicyclic amines) is 1. The minimum absolute atomic E-state index is 0.404. The van der Waals surface area contributed by atoms with Crippen LogP contribution in [0.15, 0.2) is 24.4 Å². The molecule has 0 spiro atoms. The molecule has 0 radical (unpaired) electrons. The second-order valence-electron chi connectivity index (χ2n) is 6.13. The van der Waals surface area contributed by atoms with Crippen molar-refractivity contribution in [2.24, 2.45) is 5.73 Å². The van der Waals surface area contributed by atoms with Crippen molar-refractivity contribution < 1.29 is 4.79 Å². The van der Waals surface area contributed by atoms with Gasteiger partial charge in [-0.05, 0) is 69.6 Å². The Morgan fingerprint density at radius 1 is 1.41 bits per heavy atom. The molecule has 1 aromatic carbocycles. The first-order valence-electron chi connectivity index (χ1n) is 7.96. The number of benzene rings is 1. The first kappa shape index (κ1) is 14.9. The maximum Gasteiger partial charge on any atom is 0.319 e. The van der Waals surface area contributed by atoms with E-state index in [0.29, 0.717) is 12.5 Å². The predicted molar refractivity (Wildman–Crippen MR) is 90.4 cm³/mol. The van der Waals surface area contributed by atoms with Gasteiger partial charge in [0.1, 0.15) is 0 Å². The van der Waals surface area contributed by atoms with E-state index in [4.69, 9.17) is 5.73 Å². The molecule has 1 aromatic heterocycles. The molecule has 22 heavy (non-hydrogen) atoms.